The van der Waals surface area contributed by atoms with E-state index in [9.17, 15) is 4.79 Å². The number of carbonyl (C=O) groups is 1. The van der Waals surface area contributed by atoms with Gasteiger partial charge in [0.15, 0.2) is 0 Å². The molecule has 1 unspecified atom stereocenters. The summed E-state index contributed by atoms with van der Waals surface area (Å²) < 4.78 is 5.47. The number of nitrogens with zero attached hydrogens (tertiary/aromatic N) is 1. The molecule has 0 bridgehead atoms. The fourth-order valence-electron chi connectivity index (χ4n) is 2.07. The molecule has 0 amide bonds. The number of rotatable bonds is 8. The predicted octanol–water partition coefficient (Wildman–Crippen LogP) is 3.63. The van der Waals surface area contributed by atoms with Gasteiger partial charge in [-0.05, 0) is 25.3 Å². The molecule has 4 nitrogen and oxygen atoms in total. The van der Waals surface area contributed by atoms with E-state index >= 15 is 0 Å². The average molecular weight is 403 g/mol. The highest BCUT2D eigenvalue weighted by Crippen LogP contribution is 2.31. The van der Waals surface area contributed by atoms with Crippen LogP contribution in [0.1, 0.15) is 25.8 Å². The van der Waals surface area contributed by atoms with Crippen LogP contribution in [0.15, 0.2) is 35.5 Å². The summed E-state index contributed by atoms with van der Waals surface area (Å²) in [5.74, 6) is -0.425. The first-order chi connectivity index (χ1) is 10.1. The van der Waals surface area contributed by atoms with E-state index in [-0.39, 0.29) is 12.0 Å². The van der Waals surface area contributed by atoms with Gasteiger partial charge in [0.25, 0.3) is 0 Å². The maximum atomic E-state index is 11.1. The lowest BCUT2D eigenvalue weighted by atomic mass is 9.77. The summed E-state index contributed by atoms with van der Waals surface area (Å²) in [5.41, 5.74) is 2.13. The van der Waals surface area contributed by atoms with Gasteiger partial charge >= 0.3 is 5.97 Å². The quantitative estimate of drug-likeness (QED) is 0.219. The largest absolute Gasteiger partial charge is 0.466 e. The number of halogens is 1. The molecule has 0 heterocycles. The van der Waals surface area contributed by atoms with Crippen LogP contribution >= 0.6 is 22.6 Å². The predicted molar refractivity (Wildman–Crippen MR) is 92.8 cm³/mol. The molecule has 5 heteroatoms. The van der Waals surface area contributed by atoms with Gasteiger partial charge in [-0.25, -0.2) is 4.79 Å². The van der Waals surface area contributed by atoms with Crippen molar-refractivity contribution in [3.63, 3.8) is 0 Å². The van der Waals surface area contributed by atoms with E-state index in [0.29, 0.717) is 0 Å². The van der Waals surface area contributed by atoms with Crippen molar-refractivity contribution in [3.8, 4) is 0 Å². The first-order valence-corrected chi connectivity index (χ1v) is 8.44. The Kier molecular flexibility index (Phi) is 7.71. The van der Waals surface area contributed by atoms with Gasteiger partial charge in [0.2, 0.25) is 6.61 Å². The lowest BCUT2D eigenvalue weighted by molar-refractivity contribution is -0.145. The SMILES string of the molecule is CCC(CI)(Cc1ccccc1)/C(C)=N/OCC(=O)OC. The molecule has 0 aromatic heterocycles. The number of methoxy groups -OCH3 is 1. The second kappa shape index (κ2) is 9.02. The minimum atomic E-state index is -0.425. The minimum absolute atomic E-state index is 0.0575. The summed E-state index contributed by atoms with van der Waals surface area (Å²) in [6.07, 6.45) is 1.87. The van der Waals surface area contributed by atoms with Gasteiger partial charge in [0.05, 0.1) is 12.8 Å². The third kappa shape index (κ3) is 5.30. The molecule has 0 saturated carbocycles. The molecule has 0 aliphatic heterocycles. The van der Waals surface area contributed by atoms with Crippen molar-refractivity contribution in [3.05, 3.63) is 35.9 Å². The van der Waals surface area contributed by atoms with Crippen molar-refractivity contribution in [2.75, 3.05) is 18.1 Å². The van der Waals surface area contributed by atoms with Gasteiger partial charge in [0.1, 0.15) is 0 Å². The normalized spacial score (nSPS) is 14.4. The first-order valence-electron chi connectivity index (χ1n) is 6.91. The highest BCUT2D eigenvalue weighted by molar-refractivity contribution is 14.1. The zero-order valence-corrected chi connectivity index (χ0v) is 14.9. The van der Waals surface area contributed by atoms with Crippen LogP contribution in [-0.4, -0.2) is 29.8 Å². The minimum Gasteiger partial charge on any atom is -0.466 e. The molecule has 0 fully saturated rings. The Balaban J connectivity index is 2.83. The van der Waals surface area contributed by atoms with E-state index in [1.54, 1.807) is 0 Å². The van der Waals surface area contributed by atoms with Crippen LogP contribution in [0.5, 0.6) is 0 Å². The van der Waals surface area contributed by atoms with Crippen molar-refractivity contribution in [1.29, 1.82) is 0 Å². The second-order valence-electron chi connectivity index (χ2n) is 4.96. The molecular weight excluding hydrogens is 381 g/mol. The fourth-order valence-corrected chi connectivity index (χ4v) is 3.43. The summed E-state index contributed by atoms with van der Waals surface area (Å²) in [7, 11) is 1.33. The van der Waals surface area contributed by atoms with Crippen LogP contribution in [0.4, 0.5) is 0 Å². The van der Waals surface area contributed by atoms with Crippen LogP contribution in [0.25, 0.3) is 0 Å². The average Bonchev–Trinajstić information content (AvgIpc) is 2.53. The molecule has 1 aromatic carbocycles. The Morgan fingerprint density at radius 2 is 2.00 bits per heavy atom. The van der Waals surface area contributed by atoms with Crippen LogP contribution in [0.3, 0.4) is 0 Å². The van der Waals surface area contributed by atoms with Crippen molar-refractivity contribution in [2.45, 2.75) is 26.7 Å². The fraction of sp³-hybridized carbons (Fsp3) is 0.500. The van der Waals surface area contributed by atoms with E-state index in [4.69, 9.17) is 4.84 Å². The van der Waals surface area contributed by atoms with E-state index in [0.717, 1.165) is 23.0 Å². The van der Waals surface area contributed by atoms with Crippen molar-refractivity contribution in [1.82, 2.24) is 0 Å². The molecule has 0 spiro atoms. The molecular formula is C16H22INO3. The molecule has 21 heavy (non-hydrogen) atoms. The highest BCUT2D eigenvalue weighted by atomic mass is 127. The molecule has 1 rings (SSSR count). The highest BCUT2D eigenvalue weighted by Gasteiger charge is 2.31. The van der Waals surface area contributed by atoms with Gasteiger partial charge in [-0.15, -0.1) is 0 Å². The molecule has 0 saturated heterocycles. The molecule has 0 aliphatic carbocycles. The van der Waals surface area contributed by atoms with E-state index in [1.165, 1.54) is 12.7 Å². The lowest BCUT2D eigenvalue weighted by Gasteiger charge is -2.30. The Morgan fingerprint density at radius 1 is 1.33 bits per heavy atom. The standard InChI is InChI=1S/C16H22INO3/c1-4-16(12-17,10-14-8-6-5-7-9-14)13(2)18-21-11-15(19)20-3/h5-9H,4,10-12H2,1-3H3/b18-13+. The van der Waals surface area contributed by atoms with Crippen LogP contribution in [-0.2, 0) is 20.8 Å². The molecule has 0 aliphatic rings. The Morgan fingerprint density at radius 3 is 2.52 bits per heavy atom. The van der Waals surface area contributed by atoms with Gasteiger partial charge in [-0.2, -0.15) is 0 Å². The summed E-state index contributed by atoms with van der Waals surface area (Å²) >= 11 is 2.39. The van der Waals surface area contributed by atoms with Crippen LogP contribution in [0.2, 0.25) is 0 Å². The molecule has 116 valence electrons. The Labute approximate surface area is 140 Å². The maximum Gasteiger partial charge on any atom is 0.346 e. The summed E-state index contributed by atoms with van der Waals surface area (Å²) in [5, 5.41) is 4.13. The zero-order valence-electron chi connectivity index (χ0n) is 12.8. The number of benzene rings is 1. The monoisotopic (exact) mass is 403 g/mol. The molecule has 1 aromatic rings. The number of oxime groups is 1. The number of hydrogen-bond acceptors (Lipinski definition) is 4. The van der Waals surface area contributed by atoms with Crippen molar-refractivity contribution < 1.29 is 14.4 Å². The van der Waals surface area contributed by atoms with Gasteiger partial charge < -0.3 is 9.57 Å². The third-order valence-corrected chi connectivity index (χ3v) is 5.16. The first kappa shape index (κ1) is 17.9. The second-order valence-corrected chi connectivity index (χ2v) is 5.72. The van der Waals surface area contributed by atoms with Gasteiger partial charge in [-0.1, -0.05) is 65.0 Å². The summed E-state index contributed by atoms with van der Waals surface area (Å²) in [4.78, 5) is 16.2. The number of ether oxygens (including phenoxy) is 1. The molecule has 1 atom stereocenters. The zero-order chi connectivity index (χ0) is 15.7. The number of esters is 1. The van der Waals surface area contributed by atoms with Gasteiger partial charge in [-0.3, -0.25) is 0 Å². The number of carbonyl (C=O) groups excluding carboxylic acids is 1. The van der Waals surface area contributed by atoms with E-state index in [1.807, 2.05) is 25.1 Å². The Hall–Kier alpha value is -1.11. The molecule has 0 N–H and O–H groups in total. The van der Waals surface area contributed by atoms with E-state index < -0.39 is 5.97 Å². The summed E-state index contributed by atoms with van der Waals surface area (Å²) in [6.45, 7) is 3.96. The number of hydrogen-bond donors (Lipinski definition) is 0. The van der Waals surface area contributed by atoms with Crippen molar-refractivity contribution in [2.24, 2.45) is 10.6 Å². The van der Waals surface area contributed by atoms with Crippen molar-refractivity contribution >= 4 is 34.3 Å². The topological polar surface area (TPSA) is 47.9 Å². The van der Waals surface area contributed by atoms with Gasteiger partial charge in [0, 0.05) is 9.84 Å². The van der Waals surface area contributed by atoms with Crippen LogP contribution in [0, 0.1) is 5.41 Å². The smallest absolute Gasteiger partial charge is 0.346 e. The van der Waals surface area contributed by atoms with Crippen LogP contribution < -0.4 is 0 Å². The third-order valence-electron chi connectivity index (χ3n) is 3.70. The number of alkyl halides is 1. The van der Waals surface area contributed by atoms with E-state index in [2.05, 4.69) is 51.5 Å². The Bertz CT molecular complexity index is 470. The molecule has 0 radical (unpaired) electrons. The maximum absolute atomic E-state index is 11.1. The lowest BCUT2D eigenvalue weighted by Crippen LogP contribution is -2.33. The summed E-state index contributed by atoms with van der Waals surface area (Å²) in [6, 6.07) is 10.4.